The first-order chi connectivity index (χ1) is 16.5. The number of thiophene rings is 1. The number of amides is 1. The van der Waals surface area contributed by atoms with Gasteiger partial charge in [0.2, 0.25) is 0 Å². The van der Waals surface area contributed by atoms with Crippen LogP contribution in [0.25, 0.3) is 15.9 Å². The van der Waals surface area contributed by atoms with E-state index in [-0.39, 0.29) is 11.5 Å². The number of carbonyl (C=O) groups is 1. The first-order valence-corrected chi connectivity index (χ1v) is 12.0. The summed E-state index contributed by atoms with van der Waals surface area (Å²) in [7, 11) is 1.61. The van der Waals surface area contributed by atoms with E-state index < -0.39 is 0 Å². The molecule has 5 rings (SSSR count). The molecule has 0 spiro atoms. The SMILES string of the molecule is COc1ccc(/C=N\NC(=O)c2ccc(-n3c(C)nc4sc5c(c4c3=O)CCCC5)cc2)cc1. The molecule has 172 valence electrons. The highest BCUT2D eigenvalue weighted by Gasteiger charge is 2.21. The number of aromatic nitrogens is 2. The number of fused-ring (bicyclic) bond motifs is 3. The van der Waals surface area contributed by atoms with Gasteiger partial charge in [0.1, 0.15) is 16.4 Å². The van der Waals surface area contributed by atoms with Gasteiger partial charge in [-0.3, -0.25) is 14.2 Å². The fraction of sp³-hybridized carbons (Fsp3) is 0.231. The van der Waals surface area contributed by atoms with E-state index in [0.717, 1.165) is 40.8 Å². The molecule has 7 nitrogen and oxygen atoms in total. The molecule has 0 bridgehead atoms. The third-order valence-electron chi connectivity index (χ3n) is 6.04. The van der Waals surface area contributed by atoms with Gasteiger partial charge < -0.3 is 4.74 Å². The highest BCUT2D eigenvalue weighted by Crippen LogP contribution is 2.34. The largest absolute Gasteiger partial charge is 0.497 e. The predicted molar refractivity (Wildman–Crippen MR) is 135 cm³/mol. The lowest BCUT2D eigenvalue weighted by Crippen LogP contribution is -2.23. The molecule has 34 heavy (non-hydrogen) atoms. The normalized spacial score (nSPS) is 13.2. The fourth-order valence-electron chi connectivity index (χ4n) is 4.29. The molecule has 0 saturated carbocycles. The number of methoxy groups -OCH3 is 1. The number of hydrazone groups is 1. The van der Waals surface area contributed by atoms with E-state index in [0.29, 0.717) is 17.1 Å². The van der Waals surface area contributed by atoms with Crippen molar-refractivity contribution >= 4 is 33.7 Å². The molecule has 2 heterocycles. The van der Waals surface area contributed by atoms with Crippen molar-refractivity contribution in [2.45, 2.75) is 32.6 Å². The molecule has 1 aliphatic carbocycles. The van der Waals surface area contributed by atoms with Crippen molar-refractivity contribution in [3.05, 3.63) is 86.3 Å². The van der Waals surface area contributed by atoms with Crippen molar-refractivity contribution in [1.29, 1.82) is 0 Å². The monoisotopic (exact) mass is 472 g/mol. The van der Waals surface area contributed by atoms with Crippen LogP contribution in [0.1, 0.15) is 45.0 Å². The number of nitrogens with zero attached hydrogens (tertiary/aromatic N) is 3. The van der Waals surface area contributed by atoms with E-state index in [4.69, 9.17) is 9.72 Å². The van der Waals surface area contributed by atoms with Crippen LogP contribution in [-0.4, -0.2) is 28.8 Å². The number of rotatable bonds is 5. The lowest BCUT2D eigenvalue weighted by atomic mass is 9.97. The number of carbonyl (C=O) groups excluding carboxylic acids is 1. The fourth-order valence-corrected chi connectivity index (χ4v) is 5.59. The van der Waals surface area contributed by atoms with Crippen LogP contribution in [0.4, 0.5) is 0 Å². The van der Waals surface area contributed by atoms with Gasteiger partial charge in [0.15, 0.2) is 0 Å². The van der Waals surface area contributed by atoms with E-state index >= 15 is 0 Å². The summed E-state index contributed by atoms with van der Waals surface area (Å²) >= 11 is 1.65. The second-order valence-electron chi connectivity index (χ2n) is 8.21. The number of hydrogen-bond acceptors (Lipinski definition) is 6. The Morgan fingerprint density at radius 2 is 1.85 bits per heavy atom. The summed E-state index contributed by atoms with van der Waals surface area (Å²) in [6, 6.07) is 14.2. The minimum absolute atomic E-state index is 0.0387. The second-order valence-corrected chi connectivity index (χ2v) is 9.29. The third-order valence-corrected chi connectivity index (χ3v) is 7.23. The molecule has 2 aromatic heterocycles. The molecule has 8 heteroatoms. The van der Waals surface area contributed by atoms with Crippen LogP contribution in [0.5, 0.6) is 5.75 Å². The maximum Gasteiger partial charge on any atom is 0.271 e. The Morgan fingerprint density at radius 3 is 2.59 bits per heavy atom. The van der Waals surface area contributed by atoms with Crippen molar-refractivity contribution in [1.82, 2.24) is 15.0 Å². The molecular formula is C26H24N4O3S. The van der Waals surface area contributed by atoms with Gasteiger partial charge in [-0.2, -0.15) is 5.10 Å². The predicted octanol–water partition coefficient (Wildman–Crippen LogP) is 4.41. The summed E-state index contributed by atoms with van der Waals surface area (Å²) in [5.41, 5.74) is 5.63. The first-order valence-electron chi connectivity index (χ1n) is 11.2. The molecular weight excluding hydrogens is 448 g/mol. The summed E-state index contributed by atoms with van der Waals surface area (Å²) in [4.78, 5) is 32.8. The minimum Gasteiger partial charge on any atom is -0.497 e. The number of hydrogen-bond donors (Lipinski definition) is 1. The van der Waals surface area contributed by atoms with Gasteiger partial charge in [-0.15, -0.1) is 11.3 Å². The van der Waals surface area contributed by atoms with E-state index in [9.17, 15) is 9.59 Å². The smallest absolute Gasteiger partial charge is 0.271 e. The van der Waals surface area contributed by atoms with Crippen molar-refractivity contribution in [3.63, 3.8) is 0 Å². The zero-order chi connectivity index (χ0) is 23.7. The molecule has 0 atom stereocenters. The maximum atomic E-state index is 13.4. The number of nitrogens with one attached hydrogen (secondary N) is 1. The van der Waals surface area contributed by atoms with E-state index in [1.165, 1.54) is 16.9 Å². The number of benzene rings is 2. The van der Waals surface area contributed by atoms with Crippen molar-refractivity contribution in [2.24, 2.45) is 5.10 Å². The molecule has 0 aliphatic heterocycles. The highest BCUT2D eigenvalue weighted by atomic mass is 32.1. The summed E-state index contributed by atoms with van der Waals surface area (Å²) in [6.07, 6.45) is 5.81. The summed E-state index contributed by atoms with van der Waals surface area (Å²) < 4.78 is 6.76. The molecule has 0 fully saturated rings. The molecule has 4 aromatic rings. The van der Waals surface area contributed by atoms with Crippen LogP contribution in [0, 0.1) is 6.92 Å². The topological polar surface area (TPSA) is 85.6 Å². The Labute approximate surface area is 200 Å². The van der Waals surface area contributed by atoms with Crippen LogP contribution in [0.2, 0.25) is 0 Å². The molecule has 1 aliphatic rings. The second kappa shape index (κ2) is 9.23. The van der Waals surface area contributed by atoms with Crippen LogP contribution in [0.15, 0.2) is 58.4 Å². The van der Waals surface area contributed by atoms with Crippen molar-refractivity contribution in [2.75, 3.05) is 7.11 Å². The Balaban J connectivity index is 1.37. The van der Waals surface area contributed by atoms with Crippen LogP contribution in [-0.2, 0) is 12.8 Å². The van der Waals surface area contributed by atoms with Crippen LogP contribution >= 0.6 is 11.3 Å². The van der Waals surface area contributed by atoms with Crippen molar-refractivity contribution in [3.8, 4) is 11.4 Å². The quantitative estimate of drug-likeness (QED) is 0.344. The Hall–Kier alpha value is -3.78. The first kappa shape index (κ1) is 22.0. The van der Waals surface area contributed by atoms with Gasteiger partial charge in [0, 0.05) is 10.4 Å². The molecule has 1 N–H and O–H groups in total. The summed E-state index contributed by atoms with van der Waals surface area (Å²) in [6.45, 7) is 1.84. The average Bonchev–Trinajstić information content (AvgIpc) is 3.23. The summed E-state index contributed by atoms with van der Waals surface area (Å²) in [5, 5.41) is 4.77. The standard InChI is InChI=1S/C26H24N4O3S/c1-16-28-25-23(21-5-3-4-6-22(21)34-25)26(32)30(16)19-11-9-18(10-12-19)24(31)29-27-15-17-7-13-20(33-2)14-8-17/h7-15H,3-6H2,1-2H3,(H,29,31)/b27-15-. The molecule has 0 radical (unpaired) electrons. The van der Waals surface area contributed by atoms with Gasteiger partial charge in [-0.25, -0.2) is 10.4 Å². The Kier molecular flexibility index (Phi) is 5.98. The van der Waals surface area contributed by atoms with Crippen LogP contribution in [0.3, 0.4) is 0 Å². The molecule has 0 saturated heterocycles. The zero-order valence-corrected chi connectivity index (χ0v) is 19.8. The van der Waals surface area contributed by atoms with Gasteiger partial charge in [0.05, 0.1) is 24.4 Å². The molecule has 0 unspecified atom stereocenters. The maximum absolute atomic E-state index is 13.4. The average molecular weight is 473 g/mol. The van der Waals surface area contributed by atoms with Crippen LogP contribution < -0.4 is 15.7 Å². The highest BCUT2D eigenvalue weighted by molar-refractivity contribution is 7.18. The van der Waals surface area contributed by atoms with E-state index in [2.05, 4.69) is 10.5 Å². The number of aryl methyl sites for hydroxylation is 3. The number of ether oxygens (including phenoxy) is 1. The van der Waals surface area contributed by atoms with E-state index in [1.54, 1.807) is 53.5 Å². The van der Waals surface area contributed by atoms with E-state index in [1.807, 2.05) is 31.2 Å². The zero-order valence-electron chi connectivity index (χ0n) is 19.0. The third kappa shape index (κ3) is 4.12. The molecule has 2 aromatic carbocycles. The summed E-state index contributed by atoms with van der Waals surface area (Å²) in [5.74, 6) is 1.06. The minimum atomic E-state index is -0.333. The van der Waals surface area contributed by atoms with Gasteiger partial charge in [0.25, 0.3) is 11.5 Å². The lowest BCUT2D eigenvalue weighted by molar-refractivity contribution is 0.0955. The Morgan fingerprint density at radius 1 is 1.12 bits per heavy atom. The van der Waals surface area contributed by atoms with Gasteiger partial charge in [-0.1, -0.05) is 0 Å². The van der Waals surface area contributed by atoms with Crippen molar-refractivity contribution < 1.29 is 9.53 Å². The van der Waals surface area contributed by atoms with Gasteiger partial charge in [-0.05, 0) is 92.3 Å². The Bertz CT molecular complexity index is 1450. The molecule has 1 amide bonds. The van der Waals surface area contributed by atoms with Gasteiger partial charge >= 0.3 is 0 Å². The lowest BCUT2D eigenvalue weighted by Gasteiger charge is -2.12.